The van der Waals surface area contributed by atoms with Crippen molar-refractivity contribution < 1.29 is 15.1 Å². The van der Waals surface area contributed by atoms with E-state index in [1.807, 2.05) is 4.90 Å². The molecule has 2 rings (SSSR count). The maximum Gasteiger partial charge on any atom is 0.269 e. The largest absolute Gasteiger partial charge is 0.393 e. The highest BCUT2D eigenvalue weighted by Gasteiger charge is 2.20. The Bertz CT molecular complexity index is 442. The second kappa shape index (κ2) is 5.32. The predicted molar refractivity (Wildman–Crippen MR) is 66.5 cm³/mol. The molecule has 0 aliphatic carbocycles. The first-order valence-electron chi connectivity index (χ1n) is 5.93. The fourth-order valence-corrected chi connectivity index (χ4v) is 2.23. The first kappa shape index (κ1) is 12.8. The van der Waals surface area contributed by atoms with Gasteiger partial charge in [0, 0.05) is 36.5 Å². The Kier molecular flexibility index (Phi) is 3.78. The molecule has 0 bridgehead atoms. The average molecular weight is 252 g/mol. The summed E-state index contributed by atoms with van der Waals surface area (Å²) in [5, 5.41) is 29.4. The highest BCUT2D eigenvalue weighted by Crippen LogP contribution is 2.27. The van der Waals surface area contributed by atoms with Crippen molar-refractivity contribution in [3.8, 4) is 0 Å². The Morgan fingerprint density at radius 2 is 2.06 bits per heavy atom. The van der Waals surface area contributed by atoms with Crippen molar-refractivity contribution in [1.29, 1.82) is 0 Å². The highest BCUT2D eigenvalue weighted by atomic mass is 16.6. The molecule has 6 heteroatoms. The summed E-state index contributed by atoms with van der Waals surface area (Å²) in [6.07, 6.45) is 1.10. The van der Waals surface area contributed by atoms with E-state index in [4.69, 9.17) is 0 Å². The second-order valence-electron chi connectivity index (χ2n) is 4.45. The number of rotatable bonds is 3. The maximum atomic E-state index is 10.7. The van der Waals surface area contributed by atoms with E-state index in [0.717, 1.165) is 5.69 Å². The van der Waals surface area contributed by atoms with Gasteiger partial charge >= 0.3 is 0 Å². The first-order valence-corrected chi connectivity index (χ1v) is 5.93. The summed E-state index contributed by atoms with van der Waals surface area (Å²) in [6, 6.07) is 4.52. The van der Waals surface area contributed by atoms with Crippen molar-refractivity contribution in [2.75, 3.05) is 18.0 Å². The van der Waals surface area contributed by atoms with Crippen LogP contribution in [0.25, 0.3) is 0 Å². The van der Waals surface area contributed by atoms with Crippen LogP contribution in [-0.4, -0.2) is 34.3 Å². The average Bonchev–Trinajstić information content (AvgIpc) is 2.39. The summed E-state index contributed by atoms with van der Waals surface area (Å²) in [4.78, 5) is 12.3. The Morgan fingerprint density at radius 1 is 1.39 bits per heavy atom. The molecule has 1 aromatic rings. The molecule has 0 saturated carbocycles. The molecule has 18 heavy (non-hydrogen) atoms. The molecule has 0 amide bonds. The zero-order chi connectivity index (χ0) is 13.1. The Morgan fingerprint density at radius 3 is 2.61 bits per heavy atom. The minimum absolute atomic E-state index is 0.0140. The van der Waals surface area contributed by atoms with Gasteiger partial charge < -0.3 is 15.1 Å². The van der Waals surface area contributed by atoms with Crippen LogP contribution in [0.15, 0.2) is 18.2 Å². The molecule has 1 heterocycles. The molecule has 0 atom stereocenters. The van der Waals surface area contributed by atoms with E-state index in [1.165, 1.54) is 12.1 Å². The van der Waals surface area contributed by atoms with Gasteiger partial charge in [0.05, 0.1) is 17.6 Å². The SMILES string of the molecule is O=[N+]([O-])c1ccc(N2CCC(O)CC2)c(CO)c1. The number of nitro groups is 1. The molecule has 0 spiro atoms. The first-order chi connectivity index (χ1) is 8.61. The number of aliphatic hydroxyl groups is 2. The summed E-state index contributed by atoms with van der Waals surface area (Å²) in [6.45, 7) is 1.17. The van der Waals surface area contributed by atoms with Gasteiger partial charge in [0.15, 0.2) is 0 Å². The van der Waals surface area contributed by atoms with Gasteiger partial charge in [0.2, 0.25) is 0 Å². The van der Waals surface area contributed by atoms with Crippen LogP contribution in [0.5, 0.6) is 0 Å². The molecule has 98 valence electrons. The van der Waals surface area contributed by atoms with Crippen LogP contribution in [-0.2, 0) is 6.61 Å². The van der Waals surface area contributed by atoms with Crippen LogP contribution in [0.2, 0.25) is 0 Å². The number of hydrogen-bond donors (Lipinski definition) is 2. The normalized spacial score (nSPS) is 16.9. The Labute approximate surface area is 105 Å². The van der Waals surface area contributed by atoms with Crippen LogP contribution in [0, 0.1) is 10.1 Å². The van der Waals surface area contributed by atoms with Gasteiger partial charge in [-0.05, 0) is 18.9 Å². The van der Waals surface area contributed by atoms with Crippen LogP contribution < -0.4 is 4.90 Å². The van der Waals surface area contributed by atoms with Crippen LogP contribution in [0.4, 0.5) is 11.4 Å². The van der Waals surface area contributed by atoms with E-state index >= 15 is 0 Å². The van der Waals surface area contributed by atoms with Crippen molar-refractivity contribution >= 4 is 11.4 Å². The van der Waals surface area contributed by atoms with E-state index in [9.17, 15) is 20.3 Å². The third kappa shape index (κ3) is 2.60. The molecule has 1 aliphatic heterocycles. The number of non-ortho nitro benzene ring substituents is 1. The zero-order valence-electron chi connectivity index (χ0n) is 9.95. The van der Waals surface area contributed by atoms with Crippen LogP contribution in [0.3, 0.4) is 0 Å². The second-order valence-corrected chi connectivity index (χ2v) is 4.45. The van der Waals surface area contributed by atoms with Gasteiger partial charge in [-0.2, -0.15) is 0 Å². The lowest BCUT2D eigenvalue weighted by atomic mass is 10.0. The lowest BCUT2D eigenvalue weighted by Gasteiger charge is -2.32. The van der Waals surface area contributed by atoms with Gasteiger partial charge in [-0.25, -0.2) is 0 Å². The summed E-state index contributed by atoms with van der Waals surface area (Å²) in [5.74, 6) is 0. The molecular formula is C12H16N2O4. The lowest BCUT2D eigenvalue weighted by molar-refractivity contribution is -0.384. The van der Waals surface area contributed by atoms with E-state index in [2.05, 4.69) is 0 Å². The summed E-state index contributed by atoms with van der Waals surface area (Å²) in [7, 11) is 0. The number of benzene rings is 1. The van der Waals surface area contributed by atoms with Gasteiger partial charge in [-0.15, -0.1) is 0 Å². The van der Waals surface area contributed by atoms with E-state index in [-0.39, 0.29) is 18.4 Å². The molecular weight excluding hydrogens is 236 g/mol. The fourth-order valence-electron chi connectivity index (χ4n) is 2.23. The molecule has 1 saturated heterocycles. The number of anilines is 1. The maximum absolute atomic E-state index is 10.7. The van der Waals surface area contributed by atoms with E-state index in [1.54, 1.807) is 6.07 Å². The monoisotopic (exact) mass is 252 g/mol. The minimum atomic E-state index is -0.469. The quantitative estimate of drug-likeness (QED) is 0.620. The smallest absolute Gasteiger partial charge is 0.269 e. The molecule has 1 aromatic carbocycles. The third-order valence-electron chi connectivity index (χ3n) is 3.25. The third-order valence-corrected chi connectivity index (χ3v) is 3.25. The van der Waals surface area contributed by atoms with Gasteiger partial charge in [0.1, 0.15) is 0 Å². The molecule has 0 unspecified atom stereocenters. The fraction of sp³-hybridized carbons (Fsp3) is 0.500. The van der Waals surface area contributed by atoms with E-state index < -0.39 is 4.92 Å². The van der Waals surface area contributed by atoms with Gasteiger partial charge in [-0.1, -0.05) is 0 Å². The summed E-state index contributed by atoms with van der Waals surface area (Å²) >= 11 is 0. The van der Waals surface area contributed by atoms with Crippen LogP contribution in [0.1, 0.15) is 18.4 Å². The van der Waals surface area contributed by atoms with Crippen molar-refractivity contribution in [3.05, 3.63) is 33.9 Å². The number of nitrogens with zero attached hydrogens (tertiary/aromatic N) is 2. The van der Waals surface area contributed by atoms with E-state index in [0.29, 0.717) is 31.5 Å². The van der Waals surface area contributed by atoms with Gasteiger partial charge in [-0.3, -0.25) is 10.1 Å². The predicted octanol–water partition coefficient (Wildman–Crippen LogP) is 1.05. The van der Waals surface area contributed by atoms with Crippen molar-refractivity contribution in [1.82, 2.24) is 0 Å². The standard InChI is InChI=1S/C12H16N2O4/c15-8-9-7-10(14(17)18)1-2-12(9)13-5-3-11(16)4-6-13/h1-2,7,11,15-16H,3-6,8H2. The molecule has 0 aromatic heterocycles. The molecule has 0 radical (unpaired) electrons. The van der Waals surface area contributed by atoms with Crippen molar-refractivity contribution in [2.24, 2.45) is 0 Å². The summed E-state index contributed by atoms with van der Waals surface area (Å²) in [5.41, 5.74) is 1.36. The number of piperidine rings is 1. The highest BCUT2D eigenvalue weighted by molar-refractivity contribution is 5.58. The number of nitro benzene ring substituents is 1. The summed E-state index contributed by atoms with van der Waals surface area (Å²) < 4.78 is 0. The molecule has 1 aliphatic rings. The molecule has 2 N–H and O–H groups in total. The van der Waals surface area contributed by atoms with Gasteiger partial charge in [0.25, 0.3) is 5.69 Å². The van der Waals surface area contributed by atoms with Crippen molar-refractivity contribution in [3.63, 3.8) is 0 Å². The topological polar surface area (TPSA) is 86.8 Å². The number of aliphatic hydroxyl groups excluding tert-OH is 2. The molecule has 1 fully saturated rings. The van der Waals surface area contributed by atoms with Crippen molar-refractivity contribution in [2.45, 2.75) is 25.6 Å². The minimum Gasteiger partial charge on any atom is -0.393 e. The van der Waals surface area contributed by atoms with Crippen LogP contribution >= 0.6 is 0 Å². The molecule has 6 nitrogen and oxygen atoms in total. The Balaban J connectivity index is 2.24. The number of hydrogen-bond acceptors (Lipinski definition) is 5. The Hall–Kier alpha value is -1.66. The zero-order valence-corrected chi connectivity index (χ0v) is 9.95. The lowest BCUT2D eigenvalue weighted by Crippen LogP contribution is -2.36.